The quantitative estimate of drug-likeness (QED) is 0.900. The first-order chi connectivity index (χ1) is 10.2. The molecule has 5 heteroatoms. The Morgan fingerprint density at radius 1 is 1.24 bits per heavy atom. The fourth-order valence-electron chi connectivity index (χ4n) is 3.23. The molecule has 2 atom stereocenters. The number of rotatable bonds is 5. The third-order valence-electron chi connectivity index (χ3n) is 4.50. The van der Waals surface area contributed by atoms with Gasteiger partial charge < -0.3 is 10.0 Å². The lowest BCUT2D eigenvalue weighted by Gasteiger charge is -2.27. The van der Waals surface area contributed by atoms with Crippen LogP contribution in [0.1, 0.15) is 37.7 Å². The van der Waals surface area contributed by atoms with E-state index in [0.717, 1.165) is 24.8 Å². The van der Waals surface area contributed by atoms with Gasteiger partial charge in [0.05, 0.1) is 11.8 Å². The van der Waals surface area contributed by atoms with Gasteiger partial charge >= 0.3 is 5.97 Å². The molecule has 0 bridgehead atoms. The van der Waals surface area contributed by atoms with Crippen LogP contribution in [-0.4, -0.2) is 32.9 Å². The van der Waals surface area contributed by atoms with Crippen molar-refractivity contribution in [2.24, 2.45) is 11.8 Å². The van der Waals surface area contributed by atoms with Crippen molar-refractivity contribution in [3.63, 3.8) is 0 Å². The molecule has 1 amide bonds. The normalized spacial score (nSPS) is 24.8. The summed E-state index contributed by atoms with van der Waals surface area (Å²) in [4.78, 5) is 30.1. The maximum absolute atomic E-state index is 12.8. The van der Waals surface area contributed by atoms with E-state index in [1.807, 2.05) is 17.0 Å². The van der Waals surface area contributed by atoms with Gasteiger partial charge in [-0.2, -0.15) is 0 Å². The third kappa shape index (κ3) is 3.06. The van der Waals surface area contributed by atoms with Gasteiger partial charge in [-0.25, -0.2) is 0 Å². The second-order valence-electron chi connectivity index (χ2n) is 6.04. The molecule has 1 aromatic heterocycles. The number of carbonyl (C=O) groups is 2. The molecular weight excluding hydrogens is 268 g/mol. The van der Waals surface area contributed by atoms with Crippen LogP contribution in [0.15, 0.2) is 24.5 Å². The molecule has 0 spiro atoms. The lowest BCUT2D eigenvalue weighted by Crippen LogP contribution is -2.40. The fourth-order valence-corrected chi connectivity index (χ4v) is 3.23. The number of hydrogen-bond acceptors (Lipinski definition) is 3. The standard InChI is InChI=1S/C16H20N2O3/c19-15(13-4-1-5-14(13)16(20)21)18(12-6-7-12)10-11-3-2-8-17-9-11/h2-3,8-9,12-14H,1,4-7,10H2,(H,20,21)/t13-,14+/m1/s1. The number of carboxylic acids is 1. The maximum atomic E-state index is 12.8. The average Bonchev–Trinajstić information content (AvgIpc) is 3.20. The van der Waals surface area contributed by atoms with Gasteiger partial charge in [0.15, 0.2) is 0 Å². The van der Waals surface area contributed by atoms with Crippen LogP contribution in [-0.2, 0) is 16.1 Å². The second kappa shape index (κ2) is 5.84. The first-order valence-electron chi connectivity index (χ1n) is 7.59. The van der Waals surface area contributed by atoms with Crippen molar-refractivity contribution in [1.29, 1.82) is 0 Å². The van der Waals surface area contributed by atoms with E-state index in [9.17, 15) is 14.7 Å². The molecule has 0 aromatic carbocycles. The molecule has 0 aliphatic heterocycles. The van der Waals surface area contributed by atoms with Crippen LogP contribution in [0.2, 0.25) is 0 Å². The summed E-state index contributed by atoms with van der Waals surface area (Å²) in [7, 11) is 0. The van der Waals surface area contributed by atoms with E-state index in [-0.39, 0.29) is 17.9 Å². The summed E-state index contributed by atoms with van der Waals surface area (Å²) < 4.78 is 0. The molecule has 2 saturated carbocycles. The predicted molar refractivity (Wildman–Crippen MR) is 76.3 cm³/mol. The summed E-state index contributed by atoms with van der Waals surface area (Å²) in [6.07, 6.45) is 7.69. The van der Waals surface area contributed by atoms with E-state index < -0.39 is 11.9 Å². The summed E-state index contributed by atoms with van der Waals surface area (Å²) in [5, 5.41) is 9.28. The Balaban J connectivity index is 1.74. The summed E-state index contributed by atoms with van der Waals surface area (Å²) in [5.41, 5.74) is 1.00. The van der Waals surface area contributed by atoms with Crippen LogP contribution >= 0.6 is 0 Å². The summed E-state index contributed by atoms with van der Waals surface area (Å²) in [6, 6.07) is 4.10. The van der Waals surface area contributed by atoms with Crippen LogP contribution in [0.25, 0.3) is 0 Å². The SMILES string of the molecule is O=C(O)[C@H]1CCC[C@H]1C(=O)N(Cc1cccnc1)C1CC1. The minimum absolute atomic E-state index is 0.0197. The van der Waals surface area contributed by atoms with E-state index >= 15 is 0 Å². The molecular formula is C16H20N2O3. The highest BCUT2D eigenvalue weighted by molar-refractivity contribution is 5.85. The molecule has 1 heterocycles. The average molecular weight is 288 g/mol. The topological polar surface area (TPSA) is 70.5 Å². The number of amides is 1. The van der Waals surface area contributed by atoms with Crippen molar-refractivity contribution in [2.45, 2.75) is 44.7 Å². The number of carboxylic acid groups (broad SMARTS) is 1. The second-order valence-corrected chi connectivity index (χ2v) is 6.04. The number of carbonyl (C=O) groups excluding carboxylic acids is 1. The smallest absolute Gasteiger partial charge is 0.307 e. The highest BCUT2D eigenvalue weighted by Gasteiger charge is 2.43. The maximum Gasteiger partial charge on any atom is 0.307 e. The zero-order chi connectivity index (χ0) is 14.8. The molecule has 2 aliphatic carbocycles. The van der Waals surface area contributed by atoms with Crippen LogP contribution in [0, 0.1) is 11.8 Å². The van der Waals surface area contributed by atoms with Crippen molar-refractivity contribution in [3.05, 3.63) is 30.1 Å². The molecule has 21 heavy (non-hydrogen) atoms. The predicted octanol–water partition coefficient (Wildman–Crippen LogP) is 2.07. The van der Waals surface area contributed by atoms with Crippen molar-refractivity contribution >= 4 is 11.9 Å². The van der Waals surface area contributed by atoms with Crippen molar-refractivity contribution in [1.82, 2.24) is 9.88 Å². The number of aliphatic carboxylic acids is 1. The monoisotopic (exact) mass is 288 g/mol. The van der Waals surface area contributed by atoms with Crippen LogP contribution in [0.3, 0.4) is 0 Å². The molecule has 0 saturated heterocycles. The van der Waals surface area contributed by atoms with Gasteiger partial charge in [-0.15, -0.1) is 0 Å². The van der Waals surface area contributed by atoms with Crippen LogP contribution in [0.4, 0.5) is 0 Å². The Bertz CT molecular complexity index is 528. The van der Waals surface area contributed by atoms with Crippen molar-refractivity contribution < 1.29 is 14.7 Å². The number of aromatic nitrogens is 1. The molecule has 1 N–H and O–H groups in total. The minimum atomic E-state index is -0.831. The van der Waals surface area contributed by atoms with Crippen molar-refractivity contribution in [3.8, 4) is 0 Å². The molecule has 0 radical (unpaired) electrons. The molecule has 112 valence electrons. The van der Waals surface area contributed by atoms with Crippen LogP contribution in [0.5, 0.6) is 0 Å². The largest absolute Gasteiger partial charge is 0.481 e. The Morgan fingerprint density at radius 3 is 2.62 bits per heavy atom. The molecule has 1 aromatic rings. The van der Waals surface area contributed by atoms with Crippen molar-refractivity contribution in [2.75, 3.05) is 0 Å². The fraction of sp³-hybridized carbons (Fsp3) is 0.562. The number of hydrogen-bond donors (Lipinski definition) is 1. The molecule has 2 fully saturated rings. The number of nitrogens with zero attached hydrogens (tertiary/aromatic N) is 2. The van der Waals surface area contributed by atoms with E-state index in [2.05, 4.69) is 4.98 Å². The van der Waals surface area contributed by atoms with E-state index in [4.69, 9.17) is 0 Å². The summed E-state index contributed by atoms with van der Waals surface area (Å²) in [5.74, 6) is -1.67. The van der Waals surface area contributed by atoms with Gasteiger partial charge in [-0.1, -0.05) is 12.5 Å². The van der Waals surface area contributed by atoms with Gasteiger partial charge in [0.25, 0.3) is 0 Å². The van der Waals surface area contributed by atoms with Crippen LogP contribution < -0.4 is 0 Å². The first kappa shape index (κ1) is 14.0. The van der Waals surface area contributed by atoms with E-state index in [0.29, 0.717) is 19.4 Å². The van der Waals surface area contributed by atoms with E-state index in [1.54, 1.807) is 12.4 Å². The molecule has 5 nitrogen and oxygen atoms in total. The first-order valence-corrected chi connectivity index (χ1v) is 7.59. The van der Waals surface area contributed by atoms with Gasteiger partial charge in [0.1, 0.15) is 0 Å². The Labute approximate surface area is 124 Å². The van der Waals surface area contributed by atoms with E-state index in [1.165, 1.54) is 0 Å². The van der Waals surface area contributed by atoms with Gasteiger partial charge in [-0.05, 0) is 37.3 Å². The lowest BCUT2D eigenvalue weighted by molar-refractivity contribution is -0.149. The third-order valence-corrected chi connectivity index (χ3v) is 4.50. The number of pyridine rings is 1. The highest BCUT2D eigenvalue weighted by Crippen LogP contribution is 2.37. The Hall–Kier alpha value is -1.91. The van der Waals surface area contributed by atoms with Gasteiger partial charge in [0, 0.05) is 25.0 Å². The Kier molecular flexibility index (Phi) is 3.90. The van der Waals surface area contributed by atoms with Gasteiger partial charge in [0.2, 0.25) is 5.91 Å². The summed E-state index contributed by atoms with van der Waals surface area (Å²) in [6.45, 7) is 0.542. The highest BCUT2D eigenvalue weighted by atomic mass is 16.4. The zero-order valence-electron chi connectivity index (χ0n) is 11.9. The molecule has 2 aliphatic rings. The molecule has 0 unspecified atom stereocenters. The summed E-state index contributed by atoms with van der Waals surface area (Å²) >= 11 is 0. The zero-order valence-corrected chi connectivity index (χ0v) is 11.9. The lowest BCUT2D eigenvalue weighted by atomic mass is 9.94. The Morgan fingerprint density at radius 2 is 2.00 bits per heavy atom. The van der Waals surface area contributed by atoms with Gasteiger partial charge in [-0.3, -0.25) is 14.6 Å². The minimum Gasteiger partial charge on any atom is -0.481 e. The molecule has 3 rings (SSSR count).